The van der Waals surface area contributed by atoms with Crippen LogP contribution in [0.5, 0.6) is 17.2 Å². The molecule has 1 aromatic heterocycles. The average Bonchev–Trinajstić information content (AvgIpc) is 3.41. The molecule has 4 rings (SSSR count). The summed E-state index contributed by atoms with van der Waals surface area (Å²) in [6.07, 6.45) is 1.31. The van der Waals surface area contributed by atoms with Crippen molar-refractivity contribution in [2.45, 2.75) is 65.6 Å². The second-order valence-electron chi connectivity index (χ2n) is 11.1. The van der Waals surface area contributed by atoms with Crippen LogP contribution in [-0.4, -0.2) is 46.1 Å². The van der Waals surface area contributed by atoms with E-state index >= 15 is 0 Å². The molecule has 220 valence electrons. The van der Waals surface area contributed by atoms with E-state index in [1.807, 2.05) is 32.0 Å². The van der Waals surface area contributed by atoms with E-state index in [4.69, 9.17) is 21.1 Å². The summed E-state index contributed by atoms with van der Waals surface area (Å²) >= 11 is 6.26. The van der Waals surface area contributed by atoms with E-state index in [9.17, 15) is 19.6 Å². The highest BCUT2D eigenvalue weighted by Gasteiger charge is 2.46. The Balaban J connectivity index is 1.59. The molecule has 0 saturated carbocycles. The molecular weight excluding hydrogens is 558 g/mol. The van der Waals surface area contributed by atoms with Gasteiger partial charge in [0.1, 0.15) is 6.04 Å². The van der Waals surface area contributed by atoms with E-state index in [0.717, 1.165) is 5.56 Å². The lowest BCUT2D eigenvalue weighted by Gasteiger charge is -2.38. The van der Waals surface area contributed by atoms with E-state index in [2.05, 4.69) is 21.6 Å². The molecule has 1 aliphatic rings. The zero-order valence-corrected chi connectivity index (χ0v) is 25.2. The van der Waals surface area contributed by atoms with Gasteiger partial charge in [0.05, 0.1) is 36.4 Å². The third kappa shape index (κ3) is 6.26. The Morgan fingerprint density at radius 2 is 1.93 bits per heavy atom. The van der Waals surface area contributed by atoms with Crippen LogP contribution >= 0.6 is 11.6 Å². The number of hydrogen-bond acceptors (Lipinski definition) is 7. The number of aromatic amines is 1. The monoisotopic (exact) mass is 591 g/mol. The maximum atomic E-state index is 13.9. The summed E-state index contributed by atoms with van der Waals surface area (Å²) in [5.41, 5.74) is 0.924. The topological polar surface area (TPSA) is 137 Å². The fraction of sp³-hybridized carbons (Fsp3) is 0.387. The van der Waals surface area contributed by atoms with Gasteiger partial charge >= 0.3 is 5.56 Å². The van der Waals surface area contributed by atoms with Crippen LogP contribution in [-0.2, 0) is 4.79 Å². The molecule has 10 nitrogen and oxygen atoms in total. The van der Waals surface area contributed by atoms with Crippen molar-refractivity contribution < 1.29 is 19.1 Å². The minimum Gasteiger partial charge on any atom is -0.493 e. The Morgan fingerprint density at radius 3 is 2.60 bits per heavy atom. The number of rotatable bonds is 8. The molecule has 2 amide bonds. The summed E-state index contributed by atoms with van der Waals surface area (Å²) < 4.78 is 11.3. The van der Waals surface area contributed by atoms with E-state index in [1.54, 1.807) is 37.8 Å². The van der Waals surface area contributed by atoms with Crippen molar-refractivity contribution in [3.63, 3.8) is 0 Å². The summed E-state index contributed by atoms with van der Waals surface area (Å²) in [5, 5.41) is 19.5. The van der Waals surface area contributed by atoms with Gasteiger partial charge in [-0.25, -0.2) is 5.10 Å². The smallest absolute Gasteiger partial charge is 0.307 e. The van der Waals surface area contributed by atoms with Crippen LogP contribution < -0.4 is 20.3 Å². The number of aromatic nitrogens is 2. The van der Waals surface area contributed by atoms with E-state index in [-0.39, 0.29) is 40.8 Å². The van der Waals surface area contributed by atoms with E-state index in [1.165, 1.54) is 19.2 Å². The molecule has 1 unspecified atom stereocenters. The maximum Gasteiger partial charge on any atom is 0.307 e. The standard InChI is InChI=1S/C31H34ClN5O5/c1-17-12-21(15-24(41-6)27(17)42-25-13-18(2)35-36-29(25)39)28(38)34-19(3)30(40)37-23(20-8-7-9-22(32)14-20)10-11-26(37)31(4,5)16-33/h7-9,12-15,19,23,26H,10-11H2,1-6H3,(H,34,38)(H,36,39)/t19-,23+,26?/m1/s1. The molecular formula is C31H34ClN5O5. The number of H-pyrrole nitrogens is 1. The molecule has 3 aromatic rings. The van der Waals surface area contributed by atoms with Crippen molar-refractivity contribution in [2.75, 3.05) is 7.11 Å². The summed E-state index contributed by atoms with van der Waals surface area (Å²) in [4.78, 5) is 41.2. The second-order valence-corrected chi connectivity index (χ2v) is 11.5. The highest BCUT2D eigenvalue weighted by Crippen LogP contribution is 2.44. The summed E-state index contributed by atoms with van der Waals surface area (Å²) in [6.45, 7) is 8.71. The molecule has 2 heterocycles. The number of carbonyl (C=O) groups excluding carboxylic acids is 2. The van der Waals surface area contributed by atoms with Gasteiger partial charge in [-0.1, -0.05) is 23.7 Å². The van der Waals surface area contributed by atoms with Crippen molar-refractivity contribution in [2.24, 2.45) is 5.41 Å². The highest BCUT2D eigenvalue weighted by atomic mass is 35.5. The highest BCUT2D eigenvalue weighted by molar-refractivity contribution is 6.30. The number of nitrogens with zero attached hydrogens (tertiary/aromatic N) is 3. The molecule has 0 spiro atoms. The fourth-order valence-electron chi connectivity index (χ4n) is 5.33. The molecule has 1 aliphatic heterocycles. The number of methoxy groups -OCH3 is 1. The lowest BCUT2D eigenvalue weighted by atomic mass is 9.84. The normalized spacial score (nSPS) is 17.3. The molecule has 0 aliphatic carbocycles. The summed E-state index contributed by atoms with van der Waals surface area (Å²) in [7, 11) is 1.43. The summed E-state index contributed by atoms with van der Waals surface area (Å²) in [5.74, 6) is -0.234. The minimum atomic E-state index is -0.894. The predicted octanol–water partition coefficient (Wildman–Crippen LogP) is 5.24. The van der Waals surface area contributed by atoms with Crippen molar-refractivity contribution in [1.82, 2.24) is 20.4 Å². The molecule has 0 radical (unpaired) electrons. The molecule has 42 heavy (non-hydrogen) atoms. The Kier molecular flexibility index (Phi) is 8.92. The maximum absolute atomic E-state index is 13.9. The lowest BCUT2D eigenvalue weighted by Crippen LogP contribution is -2.52. The van der Waals surface area contributed by atoms with Crippen LogP contribution in [0, 0.1) is 30.6 Å². The van der Waals surface area contributed by atoms with Gasteiger partial charge in [0.15, 0.2) is 17.2 Å². The Labute approximate surface area is 249 Å². The number of nitriles is 1. The number of amides is 2. The van der Waals surface area contributed by atoms with Crippen LogP contribution in [0.1, 0.15) is 66.8 Å². The number of carbonyl (C=O) groups is 2. The first-order valence-corrected chi connectivity index (χ1v) is 14.0. The number of nitrogens with one attached hydrogen (secondary N) is 2. The van der Waals surface area contributed by atoms with Gasteiger partial charge in [-0.3, -0.25) is 14.4 Å². The van der Waals surface area contributed by atoms with Crippen LogP contribution in [0.15, 0.2) is 47.3 Å². The van der Waals surface area contributed by atoms with Gasteiger partial charge in [0.25, 0.3) is 5.91 Å². The van der Waals surface area contributed by atoms with Gasteiger partial charge in [-0.05, 0) is 82.9 Å². The molecule has 1 saturated heterocycles. The van der Waals surface area contributed by atoms with E-state index in [0.29, 0.717) is 29.1 Å². The van der Waals surface area contributed by atoms with Crippen LogP contribution in [0.4, 0.5) is 0 Å². The van der Waals surface area contributed by atoms with Gasteiger partial charge in [-0.15, -0.1) is 0 Å². The van der Waals surface area contributed by atoms with Crippen molar-refractivity contribution in [3.05, 3.63) is 80.2 Å². The third-order valence-corrected chi connectivity index (χ3v) is 7.78. The molecule has 2 N–H and O–H groups in total. The van der Waals surface area contributed by atoms with Crippen molar-refractivity contribution >= 4 is 23.4 Å². The number of ether oxygens (including phenoxy) is 2. The molecule has 1 fully saturated rings. The Hall–Kier alpha value is -4.36. The molecule has 11 heteroatoms. The van der Waals surface area contributed by atoms with Gasteiger partial charge in [-0.2, -0.15) is 10.4 Å². The van der Waals surface area contributed by atoms with Crippen molar-refractivity contribution in [1.29, 1.82) is 5.26 Å². The van der Waals surface area contributed by atoms with Gasteiger partial charge in [0.2, 0.25) is 5.91 Å². The Bertz CT molecular complexity index is 1610. The van der Waals surface area contributed by atoms with Gasteiger partial charge in [0, 0.05) is 16.7 Å². The molecule has 3 atom stereocenters. The van der Waals surface area contributed by atoms with E-state index < -0.39 is 22.9 Å². The SMILES string of the molecule is COc1cc(C(=O)N[C@H](C)C(=O)N2C(C(C)(C)C#N)CC[C@H]2c2cccc(Cl)c2)cc(C)c1Oc1cc(C)n[nH]c1=O. The molecule has 0 bridgehead atoms. The number of benzene rings is 2. The first-order valence-electron chi connectivity index (χ1n) is 13.6. The van der Waals surface area contributed by atoms with Gasteiger partial charge < -0.3 is 19.7 Å². The number of likely N-dealkylation sites (tertiary alicyclic amines) is 1. The van der Waals surface area contributed by atoms with Crippen molar-refractivity contribution in [3.8, 4) is 23.3 Å². The predicted molar refractivity (Wildman–Crippen MR) is 158 cm³/mol. The minimum absolute atomic E-state index is 0.0371. The number of hydrogen-bond donors (Lipinski definition) is 2. The molecule has 2 aromatic carbocycles. The first-order chi connectivity index (χ1) is 19.9. The number of aryl methyl sites for hydroxylation is 2. The first kappa shape index (κ1) is 30.6. The number of halogens is 1. The quantitative estimate of drug-likeness (QED) is 0.365. The van der Waals surface area contributed by atoms with Crippen LogP contribution in [0.25, 0.3) is 0 Å². The second kappa shape index (κ2) is 12.2. The zero-order chi connectivity index (χ0) is 30.8. The Morgan fingerprint density at radius 1 is 1.19 bits per heavy atom. The zero-order valence-electron chi connectivity index (χ0n) is 24.4. The summed E-state index contributed by atoms with van der Waals surface area (Å²) in [6, 6.07) is 12.8. The van der Waals surface area contributed by atoms with Crippen LogP contribution in [0.3, 0.4) is 0 Å². The van der Waals surface area contributed by atoms with Crippen LogP contribution in [0.2, 0.25) is 5.02 Å². The fourth-order valence-corrected chi connectivity index (χ4v) is 5.53. The lowest BCUT2D eigenvalue weighted by molar-refractivity contribution is -0.137. The average molecular weight is 592 g/mol. The third-order valence-electron chi connectivity index (χ3n) is 7.54. The largest absolute Gasteiger partial charge is 0.493 e.